The van der Waals surface area contributed by atoms with E-state index in [1.54, 1.807) is 7.05 Å². The third-order valence-electron chi connectivity index (χ3n) is 13.3. The number of amides is 2. The van der Waals surface area contributed by atoms with E-state index in [9.17, 15) is 12.7 Å². The highest BCUT2D eigenvalue weighted by Gasteiger charge is 2.41. The van der Waals surface area contributed by atoms with E-state index in [4.69, 9.17) is 9.78 Å². The van der Waals surface area contributed by atoms with Gasteiger partial charge in [-0.25, -0.2) is 14.8 Å². The monoisotopic (exact) mass is 1050 g/mol. The van der Waals surface area contributed by atoms with E-state index in [1.165, 1.54) is 92.5 Å². The van der Waals surface area contributed by atoms with E-state index in [0.717, 1.165) is 46.9 Å². The van der Waals surface area contributed by atoms with Gasteiger partial charge >= 0.3 is 6.09 Å². The maximum Gasteiger partial charge on any atom is 0.407 e. The number of halogens is 1. The van der Waals surface area contributed by atoms with Crippen LogP contribution in [0.25, 0.3) is 44.5 Å². The van der Waals surface area contributed by atoms with Crippen LogP contribution in [-0.2, 0) is 35.0 Å². The average Bonchev–Trinajstić information content (AvgIpc) is 4.26. The Balaban J connectivity index is 0.000000279. The maximum atomic E-state index is 12.6. The molecule has 1 saturated carbocycles. The minimum absolute atomic E-state index is 0.0700. The Hall–Kier alpha value is -6.04. The lowest BCUT2D eigenvalue weighted by Crippen LogP contribution is -2.37. The molecule has 2 amide bonds. The molecule has 3 unspecified atom stereocenters. The number of carbonyl (C=O) groups excluding carboxylic acids is 3. The van der Waals surface area contributed by atoms with Gasteiger partial charge in [-0.15, -0.1) is 0 Å². The Morgan fingerprint density at radius 3 is 2.10 bits per heavy atom. The van der Waals surface area contributed by atoms with Crippen molar-refractivity contribution in [3.05, 3.63) is 132 Å². The average molecular weight is 1050 g/mol. The number of aromatic amines is 2. The number of imidazole rings is 2. The molecule has 69 heavy (non-hydrogen) atoms. The fraction of sp³-hybridized carbons (Fsp3) is 0.389. The molecule has 4 heterocycles. The largest absolute Gasteiger partial charge is 0.471 e. The zero-order valence-electron chi connectivity index (χ0n) is 40.2. The van der Waals surface area contributed by atoms with Crippen molar-refractivity contribution in [3.63, 3.8) is 0 Å². The first-order chi connectivity index (χ1) is 33.6. The first-order valence-electron chi connectivity index (χ1n) is 23.8. The third-order valence-corrected chi connectivity index (χ3v) is 15.6. The number of nitrogens with zero attached hydrogens (tertiary/aromatic N) is 3. The van der Waals surface area contributed by atoms with Crippen LogP contribution < -0.4 is 16.0 Å². The number of rotatable bonds is 11. The number of H-pyrrole nitrogens is 2. The predicted octanol–water partition coefficient (Wildman–Crippen LogP) is 10.1. The van der Waals surface area contributed by atoms with Gasteiger partial charge in [0.2, 0.25) is 5.91 Å². The molecule has 1 saturated heterocycles. The van der Waals surface area contributed by atoms with Gasteiger partial charge in [0.1, 0.15) is 21.7 Å². The van der Waals surface area contributed by atoms with Crippen molar-refractivity contribution in [3.8, 4) is 33.5 Å². The van der Waals surface area contributed by atoms with E-state index in [-0.39, 0.29) is 21.9 Å². The molecular weight excluding hydrogens is 984 g/mol. The number of methoxy groups -OCH3 is 2. The Morgan fingerprint density at radius 2 is 1.52 bits per heavy atom. The Kier molecular flexibility index (Phi) is 18.0. The quantitative estimate of drug-likeness (QED) is 0.0275. The van der Waals surface area contributed by atoms with E-state index in [2.05, 4.69) is 101 Å². The zero-order chi connectivity index (χ0) is 48.8. The van der Waals surface area contributed by atoms with Gasteiger partial charge in [-0.05, 0) is 115 Å². The number of benzene rings is 4. The standard InChI is InChI=1S/C40H43N7O.C6H12INO3.C6H6.C2H4O2/c1-41-24-37(48)47-19-5-7-36(47)39-43-23-35(46-39)26-10-8-25(9-11-26)28-13-14-29(31-22-40(21-30(28)31)16-2-3-17-40)27-12-15-32-34(20-27)45-38(44-32)33-6-4-18-42-33;1-4(2)5(7-10)8-6(9)11-3;1-2-4-6-5-3-1;1-4-2-3/h5,7-15,20,23,33,36,41-42H,2-4,6,16-19,21-22,24H2,1H3,(H,43,46)(H,44,45);4-5H,1-3H3,(H,8,9);1-6H;2H,1H3. The Bertz CT molecular complexity index is 2640. The molecule has 2 aliphatic heterocycles. The topological polar surface area (TPSA) is 183 Å². The number of ether oxygens (including phenoxy) is 2. The van der Waals surface area contributed by atoms with E-state index < -0.39 is 27.3 Å². The van der Waals surface area contributed by atoms with Crippen molar-refractivity contribution < 1.29 is 26.9 Å². The Morgan fingerprint density at radius 1 is 0.884 bits per heavy atom. The highest BCUT2D eigenvalue weighted by Crippen LogP contribution is 2.53. The van der Waals surface area contributed by atoms with Crippen molar-refractivity contribution in [2.45, 2.75) is 81.3 Å². The van der Waals surface area contributed by atoms with Crippen LogP contribution in [0.2, 0.25) is 0 Å². The minimum Gasteiger partial charge on any atom is -0.471 e. The molecule has 15 heteroatoms. The number of aromatic nitrogens is 4. The fourth-order valence-corrected chi connectivity index (χ4v) is 10.8. The second-order valence-electron chi connectivity index (χ2n) is 18.2. The third kappa shape index (κ3) is 12.6. The van der Waals surface area contributed by atoms with E-state index in [0.29, 0.717) is 31.0 Å². The van der Waals surface area contributed by atoms with Crippen LogP contribution >= 0.6 is 21.2 Å². The molecular formula is C54H65IN8O6. The molecule has 4 aromatic carbocycles. The van der Waals surface area contributed by atoms with Gasteiger partial charge in [0.15, 0.2) is 21.2 Å². The van der Waals surface area contributed by atoms with E-state index in [1.807, 2.05) is 67.4 Å². The van der Waals surface area contributed by atoms with Crippen LogP contribution in [0.4, 0.5) is 4.79 Å². The summed E-state index contributed by atoms with van der Waals surface area (Å²) in [5, 5.41) is 9.04. The first kappa shape index (κ1) is 50.8. The summed E-state index contributed by atoms with van der Waals surface area (Å²) in [5.74, 6) is 2.12. The summed E-state index contributed by atoms with van der Waals surface area (Å²) in [6, 6.07) is 32.6. The van der Waals surface area contributed by atoms with Crippen LogP contribution in [0, 0.1) is 11.3 Å². The predicted molar refractivity (Wildman–Crippen MR) is 279 cm³/mol. The molecule has 1 spiro atoms. The second-order valence-corrected chi connectivity index (χ2v) is 20.1. The van der Waals surface area contributed by atoms with E-state index >= 15 is 0 Å². The molecule has 5 N–H and O–H groups in total. The van der Waals surface area contributed by atoms with Crippen molar-refractivity contribution in [1.82, 2.24) is 40.8 Å². The lowest BCUT2D eigenvalue weighted by molar-refractivity contribution is -0.130. The number of alkyl carbamates (subject to hydrolysis) is 1. The van der Waals surface area contributed by atoms with Crippen molar-refractivity contribution in [2.24, 2.45) is 11.3 Å². The molecule has 0 radical (unpaired) electrons. The van der Waals surface area contributed by atoms with Crippen molar-refractivity contribution in [1.29, 1.82) is 0 Å². The van der Waals surface area contributed by atoms with Gasteiger partial charge in [-0.1, -0.05) is 118 Å². The molecule has 364 valence electrons. The molecule has 14 nitrogen and oxygen atoms in total. The van der Waals surface area contributed by atoms with Crippen molar-refractivity contribution >= 4 is 50.7 Å². The molecule has 2 aromatic heterocycles. The summed E-state index contributed by atoms with van der Waals surface area (Å²) in [7, 11) is 4.40. The number of carbonyl (C=O) groups is 3. The van der Waals surface area contributed by atoms with Crippen LogP contribution in [0.15, 0.2) is 109 Å². The smallest absolute Gasteiger partial charge is 0.407 e. The van der Waals surface area contributed by atoms with Crippen molar-refractivity contribution in [2.75, 3.05) is 40.9 Å². The lowest BCUT2D eigenvalue weighted by Gasteiger charge is -2.23. The number of likely N-dealkylation sites (N-methyl/N-ethyl adjacent to an activating group) is 1. The second kappa shape index (κ2) is 24.5. The fourth-order valence-electron chi connectivity index (χ4n) is 9.79. The number of alkyl halides is 1. The van der Waals surface area contributed by atoms with Gasteiger partial charge in [0, 0.05) is 6.54 Å². The highest BCUT2D eigenvalue weighted by molar-refractivity contribution is 14.1. The normalized spacial score (nSPS) is 17.8. The molecule has 3 atom stereocenters. The van der Waals surface area contributed by atoms with Crippen LogP contribution in [0.1, 0.15) is 87.2 Å². The van der Waals surface area contributed by atoms with Gasteiger partial charge in [-0.2, -0.15) is 0 Å². The summed E-state index contributed by atoms with van der Waals surface area (Å²) in [5.41, 5.74) is 13.0. The summed E-state index contributed by atoms with van der Waals surface area (Å²) >= 11 is -1.20. The first-order valence-corrected chi connectivity index (χ1v) is 25.9. The summed E-state index contributed by atoms with van der Waals surface area (Å²) in [4.78, 5) is 50.8. The van der Waals surface area contributed by atoms with Gasteiger partial charge in [0.25, 0.3) is 6.47 Å². The number of fused-ring (bicyclic) bond motifs is 2. The maximum absolute atomic E-state index is 12.6. The van der Waals surface area contributed by atoms with Gasteiger partial charge < -0.3 is 40.3 Å². The summed E-state index contributed by atoms with van der Waals surface area (Å²) in [6.45, 7) is 6.17. The Labute approximate surface area is 415 Å². The lowest BCUT2D eigenvalue weighted by atomic mass is 9.82. The molecule has 10 rings (SSSR count). The summed E-state index contributed by atoms with van der Waals surface area (Å²) < 4.78 is 18.6. The number of hydrogen-bond donors (Lipinski definition) is 5. The molecule has 4 aliphatic rings. The summed E-state index contributed by atoms with van der Waals surface area (Å²) in [6.07, 6.45) is 15.5. The van der Waals surface area contributed by atoms with Crippen LogP contribution in [-0.4, -0.2) is 88.3 Å². The highest BCUT2D eigenvalue weighted by atomic mass is 127. The number of hydrogen-bond acceptors (Lipinski definition) is 10. The minimum atomic E-state index is -1.20. The SMILES string of the molecule is CNCC(=O)N1CC=CC1c1ncc(-c2ccc(-c3ccc(-c4ccc5nc(C6CCCN6)[nH]c5c4)c4c3CC3(CCCC3)C4)cc2)[nH]1.COC(=O)NC(I=O)C(C)C.COC=O.c1ccccc1. The number of nitrogens with one attached hydrogen (secondary N) is 5. The van der Waals surface area contributed by atoms with Gasteiger partial charge in [-0.3, -0.25) is 12.7 Å². The zero-order valence-corrected chi connectivity index (χ0v) is 42.4. The molecule has 2 fully saturated rings. The van der Waals surface area contributed by atoms with Gasteiger partial charge in [0.05, 0.1) is 49.7 Å². The molecule has 0 bridgehead atoms. The molecule has 2 aliphatic carbocycles. The van der Waals surface area contributed by atoms with Crippen LogP contribution in [0.3, 0.4) is 0 Å². The van der Waals surface area contributed by atoms with Crippen LogP contribution in [0.5, 0.6) is 0 Å². The molecule has 6 aromatic rings.